The number of nitrogens with two attached hydrogens (primary N) is 1. The molecule has 0 amide bonds. The highest BCUT2D eigenvalue weighted by Gasteiger charge is 2.18. The number of anilines is 1. The van der Waals surface area contributed by atoms with E-state index in [9.17, 15) is 10.1 Å². The second kappa shape index (κ2) is 4.49. The predicted octanol–water partition coefficient (Wildman–Crippen LogP) is 2.26. The largest absolute Gasteiger partial charge is 0.375 e. The molecule has 0 aliphatic heterocycles. The second-order valence-corrected chi connectivity index (χ2v) is 4.69. The summed E-state index contributed by atoms with van der Waals surface area (Å²) in [7, 11) is 0. The van der Waals surface area contributed by atoms with E-state index >= 15 is 0 Å². The average Bonchev–Trinajstić information content (AvgIpc) is 2.15. The molecule has 0 heterocycles. The van der Waals surface area contributed by atoms with Gasteiger partial charge in [0.2, 0.25) is 0 Å². The lowest BCUT2D eigenvalue weighted by atomic mass is 10.1. The van der Waals surface area contributed by atoms with Crippen LogP contribution >= 0.6 is 0 Å². The molecule has 0 aliphatic rings. The molecule has 5 nitrogen and oxygen atoms in total. The van der Waals surface area contributed by atoms with E-state index in [0.29, 0.717) is 12.2 Å². The van der Waals surface area contributed by atoms with Crippen LogP contribution in [0.1, 0.15) is 26.3 Å². The summed E-state index contributed by atoms with van der Waals surface area (Å²) in [6.45, 7) is 6.16. The maximum Gasteiger partial charge on any atom is 0.292 e. The SMILES string of the molecule is CC(C)(C)Nc1ccc(CN)cc1[N+](=O)[O-]. The second-order valence-electron chi connectivity index (χ2n) is 4.69. The highest BCUT2D eigenvalue weighted by Crippen LogP contribution is 2.27. The van der Waals surface area contributed by atoms with Crippen LogP contribution in [-0.4, -0.2) is 10.5 Å². The average molecular weight is 223 g/mol. The van der Waals surface area contributed by atoms with Crippen molar-refractivity contribution in [3.63, 3.8) is 0 Å². The number of hydrogen-bond donors (Lipinski definition) is 2. The summed E-state index contributed by atoms with van der Waals surface area (Å²) >= 11 is 0. The zero-order chi connectivity index (χ0) is 12.3. The van der Waals surface area contributed by atoms with Crippen LogP contribution in [0.3, 0.4) is 0 Å². The van der Waals surface area contributed by atoms with Crippen molar-refractivity contribution in [2.24, 2.45) is 5.73 Å². The Hall–Kier alpha value is -1.62. The fraction of sp³-hybridized carbons (Fsp3) is 0.455. The van der Waals surface area contributed by atoms with E-state index in [-0.39, 0.29) is 11.2 Å². The molecule has 5 heteroatoms. The van der Waals surface area contributed by atoms with E-state index in [0.717, 1.165) is 5.56 Å². The standard InChI is InChI=1S/C11H17N3O2/c1-11(2,3)13-9-5-4-8(7-12)6-10(9)14(15)16/h4-6,13H,7,12H2,1-3H3. The van der Waals surface area contributed by atoms with Gasteiger partial charge in [0.15, 0.2) is 0 Å². The van der Waals surface area contributed by atoms with Crippen molar-refractivity contribution >= 4 is 11.4 Å². The number of hydrogen-bond acceptors (Lipinski definition) is 4. The molecule has 0 atom stereocenters. The van der Waals surface area contributed by atoms with Crippen molar-refractivity contribution in [3.05, 3.63) is 33.9 Å². The number of nitro groups is 1. The van der Waals surface area contributed by atoms with E-state index in [1.807, 2.05) is 20.8 Å². The Morgan fingerprint density at radius 3 is 2.50 bits per heavy atom. The number of nitro benzene ring substituents is 1. The summed E-state index contributed by atoms with van der Waals surface area (Å²) in [6, 6.07) is 5.00. The van der Waals surface area contributed by atoms with Crippen LogP contribution in [0, 0.1) is 10.1 Å². The van der Waals surface area contributed by atoms with Crippen LogP contribution in [0.25, 0.3) is 0 Å². The summed E-state index contributed by atoms with van der Waals surface area (Å²) in [5, 5.41) is 14.0. The molecule has 0 aromatic heterocycles. The van der Waals surface area contributed by atoms with E-state index < -0.39 is 4.92 Å². The molecule has 16 heavy (non-hydrogen) atoms. The van der Waals surface area contributed by atoms with Gasteiger partial charge in [-0.05, 0) is 32.4 Å². The van der Waals surface area contributed by atoms with Gasteiger partial charge < -0.3 is 11.1 Å². The summed E-state index contributed by atoms with van der Waals surface area (Å²) in [6.07, 6.45) is 0. The smallest absolute Gasteiger partial charge is 0.292 e. The Morgan fingerprint density at radius 2 is 2.06 bits per heavy atom. The molecule has 0 saturated carbocycles. The lowest BCUT2D eigenvalue weighted by molar-refractivity contribution is -0.384. The lowest BCUT2D eigenvalue weighted by Crippen LogP contribution is -2.26. The molecule has 0 fully saturated rings. The minimum Gasteiger partial charge on any atom is -0.375 e. The highest BCUT2D eigenvalue weighted by molar-refractivity contribution is 5.63. The Kier molecular flexibility index (Phi) is 3.49. The fourth-order valence-electron chi connectivity index (χ4n) is 1.36. The molecule has 3 N–H and O–H groups in total. The molecule has 0 bridgehead atoms. The van der Waals surface area contributed by atoms with E-state index in [1.54, 1.807) is 12.1 Å². The first-order valence-corrected chi connectivity index (χ1v) is 5.09. The number of nitrogens with zero attached hydrogens (tertiary/aromatic N) is 1. The van der Waals surface area contributed by atoms with Gasteiger partial charge in [-0.3, -0.25) is 10.1 Å². The van der Waals surface area contributed by atoms with Crippen LogP contribution in [-0.2, 0) is 6.54 Å². The fourth-order valence-corrected chi connectivity index (χ4v) is 1.36. The minimum atomic E-state index is -0.396. The third-order valence-electron chi connectivity index (χ3n) is 2.00. The zero-order valence-corrected chi connectivity index (χ0v) is 9.78. The van der Waals surface area contributed by atoms with Gasteiger partial charge in [0.1, 0.15) is 5.69 Å². The van der Waals surface area contributed by atoms with Gasteiger partial charge in [-0.25, -0.2) is 0 Å². The number of rotatable bonds is 3. The molecule has 0 aliphatic carbocycles. The monoisotopic (exact) mass is 223 g/mol. The summed E-state index contributed by atoms with van der Waals surface area (Å²) < 4.78 is 0. The third-order valence-corrected chi connectivity index (χ3v) is 2.00. The van der Waals surface area contributed by atoms with E-state index in [2.05, 4.69) is 5.32 Å². The van der Waals surface area contributed by atoms with Gasteiger partial charge in [0.25, 0.3) is 5.69 Å². The zero-order valence-electron chi connectivity index (χ0n) is 9.78. The van der Waals surface area contributed by atoms with Crippen molar-refractivity contribution in [2.45, 2.75) is 32.9 Å². The van der Waals surface area contributed by atoms with Crippen LogP contribution in [0.5, 0.6) is 0 Å². The summed E-state index contributed by atoms with van der Waals surface area (Å²) in [4.78, 5) is 10.5. The maximum atomic E-state index is 10.9. The van der Waals surface area contributed by atoms with Gasteiger partial charge in [0.05, 0.1) is 4.92 Å². The molecule has 0 saturated heterocycles. The first-order chi connectivity index (χ1) is 7.33. The van der Waals surface area contributed by atoms with Crippen molar-refractivity contribution < 1.29 is 4.92 Å². The third kappa shape index (κ3) is 3.20. The maximum absolute atomic E-state index is 10.9. The van der Waals surface area contributed by atoms with Crippen LogP contribution in [0.2, 0.25) is 0 Å². The molecular weight excluding hydrogens is 206 g/mol. The van der Waals surface area contributed by atoms with Gasteiger partial charge in [-0.2, -0.15) is 0 Å². The molecular formula is C11H17N3O2. The van der Waals surface area contributed by atoms with Gasteiger partial charge in [0, 0.05) is 18.2 Å². The summed E-state index contributed by atoms with van der Waals surface area (Å²) in [5.41, 5.74) is 6.59. The van der Waals surface area contributed by atoms with Crippen molar-refractivity contribution in [3.8, 4) is 0 Å². The van der Waals surface area contributed by atoms with Gasteiger partial charge >= 0.3 is 0 Å². The van der Waals surface area contributed by atoms with Crippen LogP contribution < -0.4 is 11.1 Å². The van der Waals surface area contributed by atoms with Gasteiger partial charge in [-0.15, -0.1) is 0 Å². The topological polar surface area (TPSA) is 81.2 Å². The first kappa shape index (κ1) is 12.4. The van der Waals surface area contributed by atoms with Crippen LogP contribution in [0.15, 0.2) is 18.2 Å². The molecule has 0 radical (unpaired) electrons. The molecule has 88 valence electrons. The first-order valence-electron chi connectivity index (χ1n) is 5.09. The van der Waals surface area contributed by atoms with Crippen molar-refractivity contribution in [2.75, 3.05) is 5.32 Å². The highest BCUT2D eigenvalue weighted by atomic mass is 16.6. The number of benzene rings is 1. The Balaban J connectivity index is 3.13. The Bertz CT molecular complexity index is 397. The Morgan fingerprint density at radius 1 is 1.44 bits per heavy atom. The Labute approximate surface area is 94.8 Å². The molecule has 0 unspecified atom stereocenters. The predicted molar refractivity (Wildman–Crippen MR) is 64.4 cm³/mol. The quantitative estimate of drug-likeness (QED) is 0.608. The molecule has 1 rings (SSSR count). The summed E-state index contributed by atoms with van der Waals surface area (Å²) in [5.74, 6) is 0. The molecule has 0 spiro atoms. The van der Waals surface area contributed by atoms with E-state index in [1.165, 1.54) is 6.07 Å². The minimum absolute atomic E-state index is 0.0675. The normalized spacial score (nSPS) is 11.2. The molecule has 1 aromatic rings. The molecule has 1 aromatic carbocycles. The number of nitrogens with one attached hydrogen (secondary N) is 1. The van der Waals surface area contributed by atoms with Gasteiger partial charge in [-0.1, -0.05) is 6.07 Å². The van der Waals surface area contributed by atoms with Crippen molar-refractivity contribution in [1.82, 2.24) is 0 Å². The van der Waals surface area contributed by atoms with Crippen LogP contribution in [0.4, 0.5) is 11.4 Å². The lowest BCUT2D eigenvalue weighted by Gasteiger charge is -2.22. The van der Waals surface area contributed by atoms with Crippen molar-refractivity contribution in [1.29, 1.82) is 0 Å². The van der Waals surface area contributed by atoms with E-state index in [4.69, 9.17) is 5.73 Å².